The van der Waals surface area contributed by atoms with Gasteiger partial charge in [0.15, 0.2) is 46.3 Å². The summed E-state index contributed by atoms with van der Waals surface area (Å²) in [7, 11) is -4.51. The summed E-state index contributed by atoms with van der Waals surface area (Å²) in [4.78, 5) is 136. The van der Waals surface area contributed by atoms with Crippen molar-refractivity contribution in [2.24, 2.45) is 10.7 Å². The van der Waals surface area contributed by atoms with Gasteiger partial charge in [-0.3, -0.25) is 43.3 Å². The Balaban J connectivity index is 0.000000194. The van der Waals surface area contributed by atoms with E-state index in [0.29, 0.717) is 102 Å². The average Bonchev–Trinajstić information content (AvgIpc) is 1.17. The second-order valence-corrected chi connectivity index (χ2v) is 24.8. The molecule has 8 aromatic rings. The Bertz CT molecular complexity index is 4350. The van der Waals surface area contributed by atoms with Gasteiger partial charge in [-0.2, -0.15) is 24.3 Å². The molecule has 107 heavy (non-hydrogen) atoms. The molecule has 8 N–H and O–H groups in total. The van der Waals surface area contributed by atoms with Crippen LogP contribution in [-0.4, -0.2) is 191 Å². The van der Waals surface area contributed by atoms with E-state index in [0.717, 1.165) is 22.3 Å². The van der Waals surface area contributed by atoms with Gasteiger partial charge in [0, 0.05) is 68.2 Å². The minimum Gasteiger partial charge on any atom is -0.535 e. The van der Waals surface area contributed by atoms with Crippen molar-refractivity contribution >= 4 is 93.4 Å². The molecule has 0 radical (unpaired) electrons. The molecule has 0 unspecified atom stereocenters. The first kappa shape index (κ1) is 82.5. The topological polar surface area (TPSA) is 516 Å². The molecule has 0 saturated carbocycles. The zero-order valence-electron chi connectivity index (χ0n) is 58.6. The first-order valence-electron chi connectivity index (χ1n) is 33.3. The Morgan fingerprint density at radius 1 is 0.533 bits per heavy atom. The number of aliphatic hydroxyl groups excluding tert-OH is 1. The Labute approximate surface area is 612 Å². The van der Waals surface area contributed by atoms with Crippen LogP contribution in [0.25, 0.3) is 0 Å². The lowest BCUT2D eigenvalue weighted by atomic mass is 9.64. The number of benzene rings is 4. The van der Waals surface area contributed by atoms with Crippen molar-refractivity contribution in [2.75, 3.05) is 13.2 Å². The largest absolute Gasteiger partial charge is 0.535 e. The number of nitrogens with zero attached hydrogens (tertiary/aromatic N) is 13. The molecule has 0 amide bonds. The third-order valence-electron chi connectivity index (χ3n) is 16.8. The van der Waals surface area contributed by atoms with E-state index in [4.69, 9.17) is 48.6 Å². The van der Waals surface area contributed by atoms with E-state index in [1.807, 2.05) is 24.3 Å². The van der Waals surface area contributed by atoms with Gasteiger partial charge in [0.2, 0.25) is 0 Å². The van der Waals surface area contributed by atoms with Gasteiger partial charge >= 0.3 is 40.8 Å². The summed E-state index contributed by atoms with van der Waals surface area (Å²) in [6, 6.07) is 21.2. The Kier molecular flexibility index (Phi) is 31.7. The van der Waals surface area contributed by atoms with Gasteiger partial charge in [0.05, 0.1) is 66.0 Å². The maximum atomic E-state index is 12.4. The van der Waals surface area contributed by atoms with Gasteiger partial charge in [0.25, 0.3) is 0 Å². The quantitative estimate of drug-likeness (QED) is 0.0131. The summed E-state index contributed by atoms with van der Waals surface area (Å²) in [5, 5.41) is 79.7. The molecule has 4 aromatic carbocycles. The van der Waals surface area contributed by atoms with Gasteiger partial charge in [-0.05, 0) is 99.9 Å². The van der Waals surface area contributed by atoms with Crippen LogP contribution in [0.15, 0.2) is 115 Å². The van der Waals surface area contributed by atoms with E-state index in [9.17, 15) is 58.5 Å². The molecule has 0 bridgehead atoms. The monoisotopic (exact) mass is 1470 g/mol. The van der Waals surface area contributed by atoms with Crippen LogP contribution in [0.2, 0.25) is 23.3 Å². The number of nitrogens with two attached hydrogens (primary N) is 1. The van der Waals surface area contributed by atoms with Crippen molar-refractivity contribution < 1.29 is 101 Å². The molecule has 0 saturated heterocycles. The van der Waals surface area contributed by atoms with Crippen molar-refractivity contribution in [2.45, 2.75) is 142 Å². The number of nitrogens with one attached hydrogen (secondary N) is 1. The SMILES string of the molecule is CC(=O)c1cccc2c1OB(O)[C@@H](CC(=O)Cn1cc(CN=CN)nn1)C2.CC(=O)c1cccc2c1OB(O)[C@@H](CC(=O)Cn1cc(CNCCO)nn1)C2.CC(=O)c1cccc2c1OB(O)[C@@H](CC(=O)Cn1ccnn1)C2.CC(=O)c1cccc2c1OB(O)[C@@H](CC(=O)Cn1cncn1)C2.O=C=O.O=C=O. The number of aliphatic imine (C=N–C) groups is 1. The van der Waals surface area contributed by atoms with Gasteiger partial charge in [0.1, 0.15) is 67.5 Å². The van der Waals surface area contributed by atoms with Crippen molar-refractivity contribution in [3.05, 3.63) is 166 Å². The summed E-state index contributed by atoms with van der Waals surface area (Å²) in [6.07, 6.45) is 13.4. The normalized spacial score (nSPS) is 15.5. The molecule has 0 aliphatic carbocycles. The van der Waals surface area contributed by atoms with Crippen LogP contribution in [-0.2, 0) is 103 Å². The highest BCUT2D eigenvalue weighted by atomic mass is 16.5. The van der Waals surface area contributed by atoms with Crippen LogP contribution in [0.3, 0.4) is 0 Å². The van der Waals surface area contributed by atoms with Crippen LogP contribution in [0.4, 0.5) is 0 Å². The highest BCUT2D eigenvalue weighted by molar-refractivity contribution is 6.48. The number of hydrogen-bond donors (Lipinski definition) is 7. The van der Waals surface area contributed by atoms with Gasteiger partial charge in [-0.15, -0.1) is 15.3 Å². The number of Topliss-reactive ketones (excluding diaryl/α,β-unsaturated/α-hetero) is 8. The smallest absolute Gasteiger partial charge is 0.526 e. The fourth-order valence-electron chi connectivity index (χ4n) is 11.9. The number of aromatic nitrogens is 12. The minimum absolute atomic E-state index is 0.0372. The highest BCUT2D eigenvalue weighted by Crippen LogP contribution is 2.40. The van der Waals surface area contributed by atoms with Gasteiger partial charge in [-0.1, -0.05) is 64.2 Å². The lowest BCUT2D eigenvalue weighted by Gasteiger charge is -2.28. The first-order valence-corrected chi connectivity index (χ1v) is 33.3. The molecular formula is C67H75B4N15O21. The predicted molar refractivity (Wildman–Crippen MR) is 374 cm³/mol. The zero-order valence-corrected chi connectivity index (χ0v) is 58.6. The molecule has 556 valence electrons. The summed E-state index contributed by atoms with van der Waals surface area (Å²) < 4.78 is 27.9. The van der Waals surface area contributed by atoms with E-state index in [2.05, 4.69) is 51.3 Å². The Morgan fingerprint density at radius 2 is 0.879 bits per heavy atom. The molecule has 12 rings (SSSR count). The van der Waals surface area contributed by atoms with Crippen molar-refractivity contribution in [1.82, 2.24) is 65.1 Å². The molecule has 36 nitrogen and oxygen atoms in total. The van der Waals surface area contributed by atoms with E-state index in [1.54, 1.807) is 67.1 Å². The van der Waals surface area contributed by atoms with Gasteiger partial charge in [-0.25, -0.2) is 23.7 Å². The number of hydrogen-bond acceptors (Lipinski definition) is 31. The predicted octanol–water partition coefficient (Wildman–Crippen LogP) is 1.10. The molecule has 4 aliphatic rings. The van der Waals surface area contributed by atoms with Crippen LogP contribution in [0.5, 0.6) is 23.0 Å². The van der Waals surface area contributed by atoms with Gasteiger partial charge < -0.3 is 54.9 Å². The fourth-order valence-corrected chi connectivity index (χ4v) is 11.9. The maximum absolute atomic E-state index is 12.4. The zero-order chi connectivity index (χ0) is 77.7. The summed E-state index contributed by atoms with van der Waals surface area (Å²) in [5.41, 5.74) is 11.5. The highest BCUT2D eigenvalue weighted by Gasteiger charge is 2.41. The molecule has 0 spiro atoms. The van der Waals surface area contributed by atoms with Crippen molar-refractivity contribution in [3.8, 4) is 23.0 Å². The summed E-state index contributed by atoms with van der Waals surface area (Å²) in [6.45, 7) is 7.39. The number of carbonyl (C=O) groups is 8. The molecular weight excluding hydrogens is 1390 g/mol. The molecule has 4 atom stereocenters. The average molecular weight is 1470 g/mol. The standard InChI is InChI=1S/C18H23BN4O5.C17H20BN5O4.2C15H16BN3O4.2CO2/c1-12(25)17-4-2-3-13-7-14(19(27)28-18(13)17)8-16(26)11-23-10-15(21-22-23)9-20-5-6-24;1-11(24)16-4-2-3-12-5-13(18(26)27-17(12)16)6-15(25)9-23-8-14(21-22-23)7-20-10-19;1-10(20)14-4-2-3-11-5-12(16(22)23-15(11)14)6-13(21)7-19-9-17-8-18-19;1-10(20)14-4-2-3-11-7-12(16(22)23-15(11)14)8-13(21)9-19-6-5-17-18-19;2*2-1-3/h2-4,10,14,20,24,27H,5-9,11H2,1H3;2-4,8,10,13,26H,5-7,9H2,1H3,(H2,19,20);2-4,8-9,12,22H,5-7H2,1H3;2-6,12,22H,7-9H2,1H3;;/t14-;13-;2*12-;;/m1111../s1. The van der Waals surface area contributed by atoms with Crippen LogP contribution in [0, 0.1) is 0 Å². The number of carbonyl (C=O) groups excluding carboxylic acids is 12. The Morgan fingerprint density at radius 3 is 1.20 bits per heavy atom. The third kappa shape index (κ3) is 24.4. The molecule has 40 heteroatoms. The second-order valence-electron chi connectivity index (χ2n) is 24.8. The number of aliphatic hydroxyl groups is 1. The Hall–Kier alpha value is -11.8. The van der Waals surface area contributed by atoms with Crippen LogP contribution >= 0.6 is 0 Å². The van der Waals surface area contributed by atoms with Crippen molar-refractivity contribution in [1.29, 1.82) is 0 Å². The fraction of sp³-hybridized carbons (Fsp3) is 0.358. The molecule has 4 aromatic heterocycles. The van der Waals surface area contributed by atoms with Crippen LogP contribution < -0.4 is 29.7 Å². The second kappa shape index (κ2) is 41.1. The van der Waals surface area contributed by atoms with E-state index >= 15 is 0 Å². The molecule has 8 heterocycles. The van der Waals surface area contributed by atoms with Crippen molar-refractivity contribution in [3.63, 3.8) is 0 Å². The first-order chi connectivity index (χ1) is 51.4. The van der Waals surface area contributed by atoms with E-state index in [1.165, 1.54) is 71.6 Å². The summed E-state index contributed by atoms with van der Waals surface area (Å²) >= 11 is 0. The van der Waals surface area contributed by atoms with E-state index in [-0.39, 0.29) is 129 Å². The minimum atomic E-state index is -1.15. The van der Waals surface area contributed by atoms with E-state index < -0.39 is 40.1 Å². The third-order valence-corrected chi connectivity index (χ3v) is 16.8. The lowest BCUT2D eigenvalue weighted by molar-refractivity contribution is -0.193. The number of rotatable bonds is 26. The van der Waals surface area contributed by atoms with Crippen LogP contribution in [0.1, 0.15) is 128 Å². The maximum Gasteiger partial charge on any atom is 0.526 e. The molecule has 4 aliphatic heterocycles. The lowest BCUT2D eigenvalue weighted by Crippen LogP contribution is -2.36. The number of para-hydroxylation sites is 4. The molecule has 0 fully saturated rings. The number of fused-ring (bicyclic) bond motifs is 4. The summed E-state index contributed by atoms with van der Waals surface area (Å²) in [5.74, 6) is -0.636. The number of ketones is 8.